The Morgan fingerprint density at radius 1 is 0.789 bits per heavy atom. The van der Waals surface area contributed by atoms with Crippen LogP contribution >= 0.6 is 0 Å². The third kappa shape index (κ3) is 11.1. The number of rotatable bonds is 14. The molecule has 0 radical (unpaired) electrons. The van der Waals surface area contributed by atoms with Gasteiger partial charge in [-0.05, 0) is 49.3 Å². The minimum Gasteiger partial charge on any atom is -0.461 e. The maximum absolute atomic E-state index is 12.7. The van der Waals surface area contributed by atoms with Crippen molar-refractivity contribution >= 4 is 24.1 Å². The number of ether oxygens (including phenoxy) is 5. The molecule has 0 aromatic heterocycles. The second kappa shape index (κ2) is 16.0. The number of benzene rings is 1. The highest BCUT2D eigenvalue weighted by Gasteiger charge is 2.25. The van der Waals surface area contributed by atoms with E-state index in [0.717, 1.165) is 0 Å². The highest BCUT2D eigenvalue weighted by atomic mass is 16.7. The quantitative estimate of drug-likeness (QED) is 0.267. The molecule has 4 atom stereocenters. The van der Waals surface area contributed by atoms with E-state index in [1.165, 1.54) is 12.1 Å². The highest BCUT2D eigenvalue weighted by Crippen LogP contribution is 2.31. The van der Waals surface area contributed by atoms with Gasteiger partial charge in [-0.1, -0.05) is 54.5 Å². The van der Waals surface area contributed by atoms with Crippen LogP contribution in [0.25, 0.3) is 0 Å². The average molecular weight is 538 g/mol. The maximum atomic E-state index is 12.7. The number of nitrogens with two attached hydrogens (primary N) is 1. The number of carbonyl (C=O) groups excluding carboxylic acids is 4. The Kier molecular flexibility index (Phi) is 13.8. The molecule has 0 spiro atoms. The van der Waals surface area contributed by atoms with Crippen molar-refractivity contribution in [1.29, 1.82) is 0 Å². The van der Waals surface area contributed by atoms with Crippen LogP contribution in [0.5, 0.6) is 11.5 Å². The van der Waals surface area contributed by atoms with Gasteiger partial charge in [0.25, 0.3) is 0 Å². The first-order valence-electron chi connectivity index (χ1n) is 13.1. The van der Waals surface area contributed by atoms with Crippen LogP contribution < -0.4 is 15.2 Å². The fourth-order valence-electron chi connectivity index (χ4n) is 2.85. The van der Waals surface area contributed by atoms with E-state index in [2.05, 4.69) is 0 Å². The second-order valence-corrected chi connectivity index (χ2v) is 10.2. The summed E-state index contributed by atoms with van der Waals surface area (Å²) in [5, 5.41) is 0. The van der Waals surface area contributed by atoms with E-state index in [9.17, 15) is 19.2 Å². The fraction of sp³-hybridized carbons (Fsp3) is 0.643. The minimum absolute atomic E-state index is 0.0423. The van der Waals surface area contributed by atoms with Crippen molar-refractivity contribution in [2.45, 2.75) is 80.4 Å². The molecule has 0 aliphatic carbocycles. The zero-order chi connectivity index (χ0) is 29.0. The minimum atomic E-state index is -1.04. The van der Waals surface area contributed by atoms with Crippen LogP contribution in [0.15, 0.2) is 18.2 Å². The molecular formula is C28H43NO9. The van der Waals surface area contributed by atoms with Gasteiger partial charge in [-0.25, -0.2) is 4.79 Å². The van der Waals surface area contributed by atoms with Crippen molar-refractivity contribution in [2.24, 2.45) is 29.4 Å². The molecule has 10 nitrogen and oxygen atoms in total. The van der Waals surface area contributed by atoms with Crippen LogP contribution in [-0.2, 0) is 35.0 Å². The summed E-state index contributed by atoms with van der Waals surface area (Å²) >= 11 is 0. The molecule has 214 valence electrons. The van der Waals surface area contributed by atoms with Crippen molar-refractivity contribution in [3.8, 4) is 11.5 Å². The molecule has 0 bridgehead atoms. The zero-order valence-corrected chi connectivity index (χ0v) is 23.8. The van der Waals surface area contributed by atoms with Crippen molar-refractivity contribution < 1.29 is 42.9 Å². The number of hydrogen-bond donors (Lipinski definition) is 1. The lowest BCUT2D eigenvalue weighted by atomic mass is 9.98. The second-order valence-electron chi connectivity index (χ2n) is 10.2. The smallest absolute Gasteiger partial charge is 0.461 e. The Labute approximate surface area is 225 Å². The van der Waals surface area contributed by atoms with Crippen molar-refractivity contribution in [3.63, 3.8) is 0 Å². The molecule has 0 aliphatic heterocycles. The summed E-state index contributed by atoms with van der Waals surface area (Å²) in [5.41, 5.74) is 6.60. The predicted octanol–water partition coefficient (Wildman–Crippen LogP) is 4.45. The molecule has 1 aromatic rings. The van der Waals surface area contributed by atoms with Crippen LogP contribution in [0.1, 0.15) is 67.4 Å². The Morgan fingerprint density at radius 3 is 1.87 bits per heavy atom. The summed E-state index contributed by atoms with van der Waals surface area (Å²) in [6.07, 6.45) is -0.831. The van der Waals surface area contributed by atoms with E-state index in [4.69, 9.17) is 29.4 Å². The summed E-state index contributed by atoms with van der Waals surface area (Å²) in [5.74, 6) is -2.10. The molecule has 0 saturated heterocycles. The monoisotopic (exact) mass is 537 g/mol. The highest BCUT2D eigenvalue weighted by molar-refractivity contribution is 5.79. The van der Waals surface area contributed by atoms with Gasteiger partial charge >= 0.3 is 24.1 Å². The van der Waals surface area contributed by atoms with Gasteiger partial charge in [0.05, 0.1) is 18.4 Å². The first-order chi connectivity index (χ1) is 17.8. The van der Waals surface area contributed by atoms with E-state index in [1.54, 1.807) is 26.8 Å². The normalized spacial score (nSPS) is 14.3. The lowest BCUT2D eigenvalue weighted by Gasteiger charge is -2.19. The lowest BCUT2D eigenvalue weighted by molar-refractivity contribution is -0.148. The summed E-state index contributed by atoms with van der Waals surface area (Å²) in [7, 11) is 0. The molecule has 1 rings (SSSR count). The van der Waals surface area contributed by atoms with Crippen molar-refractivity contribution in [1.82, 2.24) is 0 Å². The predicted molar refractivity (Wildman–Crippen MR) is 141 cm³/mol. The van der Waals surface area contributed by atoms with Crippen molar-refractivity contribution in [3.05, 3.63) is 23.8 Å². The maximum Gasteiger partial charge on any atom is 0.508 e. The van der Waals surface area contributed by atoms with Gasteiger partial charge in [0.15, 0.2) is 11.5 Å². The zero-order valence-electron chi connectivity index (χ0n) is 23.8. The lowest BCUT2D eigenvalue weighted by Crippen LogP contribution is -2.36. The Hall–Kier alpha value is -3.14. The largest absolute Gasteiger partial charge is 0.508 e. The van der Waals surface area contributed by atoms with E-state index < -0.39 is 42.1 Å². The van der Waals surface area contributed by atoms with Gasteiger partial charge in [-0.3, -0.25) is 14.4 Å². The summed E-state index contributed by atoms with van der Waals surface area (Å²) in [6, 6.07) is 3.63. The van der Waals surface area contributed by atoms with Crippen molar-refractivity contribution in [2.75, 3.05) is 13.2 Å². The standard InChI is InChI=1S/C28H43NO9/c1-9-12-34-28(33)36-18(6)15-35-27(32)22(29)13-21-10-11-23(37-25(30)19(7)16(2)3)24(14-21)38-26(31)20(8)17(4)5/h10-11,14,16-20,22H,9,12-13,15,29H2,1-8H3/t18-,19?,20?,22-/m0/s1. The van der Waals surface area contributed by atoms with Crippen LogP contribution in [0.3, 0.4) is 0 Å². The molecule has 1 aromatic carbocycles. The van der Waals surface area contributed by atoms with Crippen LogP contribution in [0.2, 0.25) is 0 Å². The van der Waals surface area contributed by atoms with E-state index >= 15 is 0 Å². The molecular weight excluding hydrogens is 494 g/mol. The third-order valence-electron chi connectivity index (χ3n) is 6.11. The average Bonchev–Trinajstić information content (AvgIpc) is 2.85. The van der Waals surface area contributed by atoms with Crippen LogP contribution in [0.4, 0.5) is 4.79 Å². The summed E-state index contributed by atoms with van der Waals surface area (Å²) < 4.78 is 26.1. The Bertz CT molecular complexity index is 944. The molecule has 2 N–H and O–H groups in total. The number of esters is 3. The van der Waals surface area contributed by atoms with Crippen LogP contribution in [0, 0.1) is 23.7 Å². The number of carbonyl (C=O) groups is 4. The van der Waals surface area contributed by atoms with Gasteiger partial charge in [-0.15, -0.1) is 0 Å². The first kappa shape index (κ1) is 32.9. The van der Waals surface area contributed by atoms with Gasteiger partial charge < -0.3 is 29.4 Å². The topological polar surface area (TPSA) is 140 Å². The van der Waals surface area contributed by atoms with Gasteiger partial charge in [0.1, 0.15) is 18.8 Å². The third-order valence-corrected chi connectivity index (χ3v) is 6.11. The van der Waals surface area contributed by atoms with E-state index in [-0.39, 0.29) is 48.9 Å². The summed E-state index contributed by atoms with van der Waals surface area (Å²) in [4.78, 5) is 49.1. The van der Waals surface area contributed by atoms with Gasteiger partial charge in [0.2, 0.25) is 0 Å². The number of hydrogen-bond acceptors (Lipinski definition) is 10. The summed E-state index contributed by atoms with van der Waals surface area (Å²) in [6.45, 7) is 14.6. The molecule has 0 heterocycles. The van der Waals surface area contributed by atoms with Gasteiger partial charge in [0, 0.05) is 0 Å². The molecule has 10 heteroatoms. The molecule has 2 unspecified atom stereocenters. The molecule has 38 heavy (non-hydrogen) atoms. The van der Waals surface area contributed by atoms with Gasteiger partial charge in [-0.2, -0.15) is 0 Å². The first-order valence-corrected chi connectivity index (χ1v) is 13.1. The molecule has 0 saturated carbocycles. The van der Waals surface area contributed by atoms with E-state index in [0.29, 0.717) is 12.0 Å². The van der Waals surface area contributed by atoms with E-state index in [1.807, 2.05) is 34.6 Å². The Balaban J connectivity index is 2.94. The van der Waals surface area contributed by atoms with Crippen LogP contribution in [-0.4, -0.2) is 49.4 Å². The fourth-order valence-corrected chi connectivity index (χ4v) is 2.85. The molecule has 0 aliphatic rings. The molecule has 0 fully saturated rings. The SMILES string of the molecule is CCCOC(=O)O[C@@H](C)COC(=O)[C@@H](N)Cc1ccc(OC(=O)C(C)C(C)C)c(OC(=O)C(C)C(C)C)c1. The molecule has 0 amide bonds. The Morgan fingerprint density at radius 2 is 1.34 bits per heavy atom.